The Labute approximate surface area is 113 Å². The lowest BCUT2D eigenvalue weighted by Crippen LogP contribution is -2.19. The number of halogens is 1. The van der Waals surface area contributed by atoms with Gasteiger partial charge in [0.15, 0.2) is 0 Å². The van der Waals surface area contributed by atoms with Gasteiger partial charge in [0.05, 0.1) is 23.0 Å². The van der Waals surface area contributed by atoms with Crippen LogP contribution in [0.25, 0.3) is 0 Å². The summed E-state index contributed by atoms with van der Waals surface area (Å²) < 4.78 is 4.01. The van der Waals surface area contributed by atoms with Crippen LogP contribution < -0.4 is 5.43 Å². The van der Waals surface area contributed by atoms with Crippen LogP contribution in [-0.2, 0) is 13.1 Å². The smallest absolute Gasteiger partial charge is 0.0866 e. The van der Waals surface area contributed by atoms with Crippen molar-refractivity contribution in [3.05, 3.63) is 39.9 Å². The van der Waals surface area contributed by atoms with E-state index in [1.54, 1.807) is 0 Å². The average Bonchev–Trinajstić information content (AvgIpc) is 2.80. The Morgan fingerprint density at radius 2 is 1.83 bits per heavy atom. The van der Waals surface area contributed by atoms with Crippen LogP contribution in [0.1, 0.15) is 29.7 Å². The maximum atomic E-state index is 6.28. The van der Waals surface area contributed by atoms with E-state index in [1.807, 2.05) is 11.6 Å². The molecule has 18 heavy (non-hydrogen) atoms. The van der Waals surface area contributed by atoms with Gasteiger partial charge in [0.1, 0.15) is 0 Å². The zero-order chi connectivity index (χ0) is 13.3. The van der Waals surface area contributed by atoms with Gasteiger partial charge in [0, 0.05) is 17.9 Å². The molecule has 0 aromatic carbocycles. The predicted molar refractivity (Wildman–Crippen MR) is 74.6 cm³/mol. The number of nitrogens with one attached hydrogen (secondary N) is 1. The molecule has 0 aliphatic carbocycles. The third-order valence-corrected chi connectivity index (χ3v) is 3.62. The van der Waals surface area contributed by atoms with Crippen LogP contribution in [0.3, 0.4) is 0 Å². The third-order valence-electron chi connectivity index (χ3n) is 3.13. The van der Waals surface area contributed by atoms with Crippen molar-refractivity contribution in [2.75, 3.05) is 5.43 Å². The Balaban J connectivity index is 2.20. The first-order chi connectivity index (χ1) is 8.54. The van der Waals surface area contributed by atoms with Gasteiger partial charge in [0.25, 0.3) is 0 Å². The fourth-order valence-electron chi connectivity index (χ4n) is 2.11. The second-order valence-corrected chi connectivity index (χ2v) is 4.83. The van der Waals surface area contributed by atoms with Gasteiger partial charge in [-0.25, -0.2) is 0 Å². The minimum absolute atomic E-state index is 0.671. The van der Waals surface area contributed by atoms with Crippen LogP contribution in [0.5, 0.6) is 0 Å². The first-order valence-corrected chi connectivity index (χ1v) is 6.53. The van der Waals surface area contributed by atoms with Crippen LogP contribution in [0.15, 0.2) is 12.1 Å². The fraction of sp³-hybridized carbons (Fsp3) is 0.462. The molecule has 5 heteroatoms. The second-order valence-electron chi connectivity index (χ2n) is 4.45. The summed E-state index contributed by atoms with van der Waals surface area (Å²) in [4.78, 5) is 0. The molecule has 0 fully saturated rings. The number of rotatable bonds is 4. The van der Waals surface area contributed by atoms with Crippen LogP contribution in [0.2, 0.25) is 5.02 Å². The Kier molecular flexibility index (Phi) is 3.66. The normalized spacial score (nSPS) is 10.9. The zero-order valence-electron chi connectivity index (χ0n) is 11.3. The fourth-order valence-corrected chi connectivity index (χ4v) is 2.31. The quantitative estimate of drug-likeness (QED) is 0.923. The van der Waals surface area contributed by atoms with E-state index in [-0.39, 0.29) is 0 Å². The number of hydrogen-bond donors (Lipinski definition) is 1. The largest absolute Gasteiger partial charge is 0.320 e. The lowest BCUT2D eigenvalue weighted by atomic mass is 10.3. The van der Waals surface area contributed by atoms with Crippen molar-refractivity contribution >= 4 is 11.6 Å². The highest BCUT2D eigenvalue weighted by Gasteiger charge is 2.12. The van der Waals surface area contributed by atoms with Crippen LogP contribution in [0.4, 0.5) is 0 Å². The summed E-state index contributed by atoms with van der Waals surface area (Å²) in [6.45, 7) is 9.65. The molecule has 0 spiro atoms. The third kappa shape index (κ3) is 2.25. The molecule has 2 heterocycles. The highest BCUT2D eigenvalue weighted by molar-refractivity contribution is 6.31. The molecule has 1 N–H and O–H groups in total. The van der Waals surface area contributed by atoms with Gasteiger partial charge in [-0.1, -0.05) is 11.6 Å². The minimum atomic E-state index is 0.671. The van der Waals surface area contributed by atoms with E-state index in [1.165, 1.54) is 11.4 Å². The molecule has 2 aromatic rings. The summed E-state index contributed by atoms with van der Waals surface area (Å²) in [5.41, 5.74) is 7.66. The van der Waals surface area contributed by atoms with Crippen molar-refractivity contribution in [1.82, 2.24) is 14.5 Å². The molecular weight excluding hydrogens is 248 g/mol. The van der Waals surface area contributed by atoms with Crippen molar-refractivity contribution in [1.29, 1.82) is 0 Å². The molecule has 0 unspecified atom stereocenters. The lowest BCUT2D eigenvalue weighted by Gasteiger charge is -2.13. The molecule has 0 amide bonds. The van der Waals surface area contributed by atoms with Crippen LogP contribution in [-0.4, -0.2) is 14.5 Å². The Morgan fingerprint density at radius 3 is 2.39 bits per heavy atom. The Hall–Kier alpha value is -1.42. The monoisotopic (exact) mass is 266 g/mol. The highest BCUT2D eigenvalue weighted by Crippen LogP contribution is 2.20. The number of nitrogens with zero attached hydrogens (tertiary/aromatic N) is 3. The number of aromatic nitrogens is 3. The van der Waals surface area contributed by atoms with Gasteiger partial charge in [-0.05, 0) is 39.8 Å². The first kappa shape index (κ1) is 13.0. The molecule has 0 radical (unpaired) electrons. The van der Waals surface area contributed by atoms with E-state index in [4.69, 9.17) is 11.6 Å². The standard InChI is InChI=1S/C13H19ClN4/c1-5-17-12(13(14)11(4)16-17)8-15-18-9(2)6-7-10(18)3/h6-7,15H,5,8H2,1-4H3. The zero-order valence-corrected chi connectivity index (χ0v) is 12.0. The van der Waals surface area contributed by atoms with E-state index < -0.39 is 0 Å². The maximum absolute atomic E-state index is 6.28. The second kappa shape index (κ2) is 5.06. The molecule has 4 nitrogen and oxygen atoms in total. The van der Waals surface area contributed by atoms with Crippen LogP contribution in [0, 0.1) is 20.8 Å². The first-order valence-electron chi connectivity index (χ1n) is 6.15. The Bertz CT molecular complexity index is 534. The molecule has 0 saturated carbocycles. The van der Waals surface area contributed by atoms with Crippen molar-refractivity contribution in [3.8, 4) is 0 Å². The van der Waals surface area contributed by atoms with Crippen molar-refractivity contribution in [2.24, 2.45) is 0 Å². The van der Waals surface area contributed by atoms with E-state index in [0.717, 1.165) is 23.0 Å². The highest BCUT2D eigenvalue weighted by atomic mass is 35.5. The lowest BCUT2D eigenvalue weighted by molar-refractivity contribution is 0.612. The van der Waals surface area contributed by atoms with Crippen molar-refractivity contribution in [3.63, 3.8) is 0 Å². The summed E-state index contributed by atoms with van der Waals surface area (Å²) in [6, 6.07) is 4.18. The summed E-state index contributed by atoms with van der Waals surface area (Å²) in [7, 11) is 0. The van der Waals surface area contributed by atoms with Gasteiger partial charge in [-0.3, -0.25) is 9.36 Å². The van der Waals surface area contributed by atoms with Gasteiger partial charge in [0.2, 0.25) is 0 Å². The molecule has 0 bridgehead atoms. The number of aryl methyl sites for hydroxylation is 4. The molecule has 2 rings (SSSR count). The Morgan fingerprint density at radius 1 is 1.22 bits per heavy atom. The molecule has 0 aliphatic heterocycles. The molecule has 0 saturated heterocycles. The molecule has 0 aliphatic rings. The van der Waals surface area contributed by atoms with Gasteiger partial charge < -0.3 is 5.43 Å². The van der Waals surface area contributed by atoms with Gasteiger partial charge in [-0.15, -0.1) is 0 Å². The molecule has 0 atom stereocenters. The topological polar surface area (TPSA) is 34.8 Å². The summed E-state index contributed by atoms with van der Waals surface area (Å²) in [5, 5.41) is 5.17. The summed E-state index contributed by atoms with van der Waals surface area (Å²) in [5.74, 6) is 0. The van der Waals surface area contributed by atoms with Gasteiger partial charge >= 0.3 is 0 Å². The average molecular weight is 267 g/mol. The van der Waals surface area contributed by atoms with E-state index in [0.29, 0.717) is 6.54 Å². The van der Waals surface area contributed by atoms with Crippen LogP contribution >= 0.6 is 11.6 Å². The van der Waals surface area contributed by atoms with Gasteiger partial charge in [-0.2, -0.15) is 5.10 Å². The van der Waals surface area contributed by atoms with E-state index in [2.05, 4.69) is 48.1 Å². The van der Waals surface area contributed by atoms with Crippen molar-refractivity contribution in [2.45, 2.75) is 40.8 Å². The molecule has 98 valence electrons. The van der Waals surface area contributed by atoms with E-state index in [9.17, 15) is 0 Å². The minimum Gasteiger partial charge on any atom is -0.320 e. The molecule has 2 aromatic heterocycles. The van der Waals surface area contributed by atoms with Crippen molar-refractivity contribution < 1.29 is 0 Å². The summed E-state index contributed by atoms with van der Waals surface area (Å²) in [6.07, 6.45) is 0. The number of hydrogen-bond acceptors (Lipinski definition) is 2. The maximum Gasteiger partial charge on any atom is 0.0866 e. The predicted octanol–water partition coefficient (Wildman–Crippen LogP) is 3.03. The summed E-state index contributed by atoms with van der Waals surface area (Å²) >= 11 is 6.28. The SMILES string of the molecule is CCn1nc(C)c(Cl)c1CNn1c(C)ccc1C. The van der Waals surface area contributed by atoms with E-state index >= 15 is 0 Å². The molecular formula is C13H19ClN4.